The van der Waals surface area contributed by atoms with E-state index in [1.165, 1.54) is 5.69 Å². The van der Waals surface area contributed by atoms with Gasteiger partial charge in [-0.25, -0.2) is 15.0 Å². The molecule has 3 fully saturated rings. The summed E-state index contributed by atoms with van der Waals surface area (Å²) >= 11 is 1.59. The first-order valence-electron chi connectivity index (χ1n) is 20.4. The fourth-order valence-corrected chi connectivity index (χ4v) is 9.60. The number of hydrogen-bond donors (Lipinski definition) is 4. The molecule has 1 amide bonds. The number of fused-ring (bicyclic) bond motifs is 1. The zero-order valence-electron chi connectivity index (χ0n) is 33.7. The normalized spacial score (nSPS) is 21.3. The van der Waals surface area contributed by atoms with Crippen LogP contribution in [0.4, 0.5) is 5.95 Å². The van der Waals surface area contributed by atoms with Gasteiger partial charge in [-0.3, -0.25) is 14.9 Å². The molecule has 13 nitrogen and oxygen atoms in total. The van der Waals surface area contributed by atoms with E-state index in [9.17, 15) is 19.8 Å². The first kappa shape index (κ1) is 38.9. The number of para-hydroxylation sites is 1. The fourth-order valence-electron chi connectivity index (χ4n) is 8.79. The van der Waals surface area contributed by atoms with E-state index in [2.05, 4.69) is 41.3 Å². The fraction of sp³-hybridized carbons (Fsp3) is 0.400. The molecule has 4 aromatic heterocycles. The highest BCUT2D eigenvalue weighted by Crippen LogP contribution is 2.44. The van der Waals surface area contributed by atoms with Gasteiger partial charge in [0.15, 0.2) is 11.3 Å². The first-order valence-corrected chi connectivity index (χ1v) is 21.3. The minimum Gasteiger partial charge on any atom is -0.507 e. The summed E-state index contributed by atoms with van der Waals surface area (Å²) in [5, 5.41) is 36.3. The van der Waals surface area contributed by atoms with Crippen LogP contribution in [-0.2, 0) is 15.0 Å². The maximum absolute atomic E-state index is 14.3. The van der Waals surface area contributed by atoms with Crippen LogP contribution in [0.3, 0.4) is 0 Å². The number of hydrogen-bond acceptors (Lipinski definition) is 12. The summed E-state index contributed by atoms with van der Waals surface area (Å²) in [6.45, 7) is 9.52. The number of nitrogens with one attached hydrogen (secondary N) is 2. The molecule has 2 aliphatic heterocycles. The number of phenolic OH excluding ortho intramolecular Hbond substituents is 1. The number of thiazole rings is 1. The van der Waals surface area contributed by atoms with Crippen LogP contribution in [0.25, 0.3) is 32.7 Å². The molecule has 1 aliphatic carbocycles. The predicted molar refractivity (Wildman–Crippen MR) is 227 cm³/mol. The summed E-state index contributed by atoms with van der Waals surface area (Å²) in [6.07, 6.45) is 5.99. The lowest BCUT2D eigenvalue weighted by molar-refractivity contribution is -0.138. The lowest BCUT2D eigenvalue weighted by atomic mass is 9.76. The molecular weight excluding hydrogens is 763 g/mol. The number of aliphatic hydroxyl groups is 1. The average Bonchev–Trinajstić information content (AvgIpc) is 3.55. The highest BCUT2D eigenvalue weighted by atomic mass is 32.1. The van der Waals surface area contributed by atoms with E-state index in [0.29, 0.717) is 23.2 Å². The summed E-state index contributed by atoms with van der Waals surface area (Å²) in [4.78, 5) is 45.5. The third-order valence-electron chi connectivity index (χ3n) is 12.4. The Bertz CT molecular complexity index is 2530. The van der Waals surface area contributed by atoms with Gasteiger partial charge in [0.1, 0.15) is 11.3 Å². The number of aryl methyl sites for hydroxylation is 1. The number of benzene rings is 2. The predicted octanol–water partition coefficient (Wildman–Crippen LogP) is 6.56. The van der Waals surface area contributed by atoms with Gasteiger partial charge < -0.3 is 25.0 Å². The molecule has 59 heavy (non-hydrogen) atoms. The molecule has 2 aromatic carbocycles. The molecule has 2 unspecified atom stereocenters. The van der Waals surface area contributed by atoms with Crippen molar-refractivity contribution in [2.75, 3.05) is 24.5 Å². The molecule has 6 heterocycles. The van der Waals surface area contributed by atoms with E-state index in [1.54, 1.807) is 35.9 Å². The molecule has 3 aliphatic rings. The van der Waals surface area contributed by atoms with Crippen molar-refractivity contribution in [3.05, 3.63) is 101 Å². The number of aliphatic hydroxyl groups excluding tert-OH is 1. The Morgan fingerprint density at radius 2 is 1.80 bits per heavy atom. The lowest BCUT2D eigenvalue weighted by Gasteiger charge is -2.32. The summed E-state index contributed by atoms with van der Waals surface area (Å²) in [7, 11) is 0. The van der Waals surface area contributed by atoms with E-state index in [1.807, 2.05) is 75.7 Å². The van der Waals surface area contributed by atoms with E-state index in [4.69, 9.17) is 9.97 Å². The number of amides is 1. The van der Waals surface area contributed by atoms with Crippen molar-refractivity contribution in [3.8, 4) is 27.4 Å². The molecule has 0 bridgehead atoms. The second-order valence-corrected chi connectivity index (χ2v) is 18.0. The number of aromatic nitrogens is 6. The molecule has 0 spiro atoms. The van der Waals surface area contributed by atoms with Gasteiger partial charge in [-0.15, -0.1) is 21.5 Å². The molecule has 0 radical (unpaired) electrons. The van der Waals surface area contributed by atoms with Gasteiger partial charge in [-0.05, 0) is 79.5 Å². The van der Waals surface area contributed by atoms with Crippen LogP contribution in [-0.4, -0.2) is 82.9 Å². The van der Waals surface area contributed by atoms with Gasteiger partial charge in [0.2, 0.25) is 11.9 Å². The van der Waals surface area contributed by atoms with Crippen molar-refractivity contribution in [1.82, 2.24) is 40.3 Å². The number of carbonyl (C=O) groups excluding carboxylic acids is 2. The van der Waals surface area contributed by atoms with E-state index in [-0.39, 0.29) is 42.9 Å². The van der Waals surface area contributed by atoms with Gasteiger partial charge in [0.25, 0.3) is 0 Å². The summed E-state index contributed by atoms with van der Waals surface area (Å²) in [6, 6.07) is 19.5. The van der Waals surface area contributed by atoms with Gasteiger partial charge >= 0.3 is 0 Å². The molecule has 4 N–H and O–H groups in total. The van der Waals surface area contributed by atoms with Crippen LogP contribution in [0.5, 0.6) is 5.75 Å². The highest BCUT2D eigenvalue weighted by Gasteiger charge is 2.52. The molecule has 304 valence electrons. The Balaban J connectivity index is 0.874. The third kappa shape index (κ3) is 7.38. The SMILES string of the molecule is Cc1ncsc1-c1ccc([C@H](C)NC(=O)C2(C(=O)CC(C)(C)c3cnc(N4CC[C@@H](c5cc6nnc(-c7ccccc7O)cc6n5C5CC5)C4)nc3)CC(O)CN2)cc1. The zero-order valence-corrected chi connectivity index (χ0v) is 34.5. The summed E-state index contributed by atoms with van der Waals surface area (Å²) in [5.74, 6) is 0.345. The Kier molecular flexibility index (Phi) is 10.0. The van der Waals surface area contributed by atoms with Crippen molar-refractivity contribution in [3.63, 3.8) is 0 Å². The van der Waals surface area contributed by atoms with E-state index >= 15 is 0 Å². The van der Waals surface area contributed by atoms with Crippen molar-refractivity contribution >= 4 is 40.0 Å². The van der Waals surface area contributed by atoms with Crippen molar-refractivity contribution < 1.29 is 19.8 Å². The maximum Gasteiger partial charge on any atom is 0.248 e. The zero-order chi connectivity index (χ0) is 41.1. The molecule has 4 atom stereocenters. The molecule has 14 heteroatoms. The number of nitrogens with zero attached hydrogens (tertiary/aromatic N) is 7. The van der Waals surface area contributed by atoms with Crippen molar-refractivity contribution in [2.45, 2.75) is 94.9 Å². The van der Waals surface area contributed by atoms with E-state index in [0.717, 1.165) is 70.6 Å². The van der Waals surface area contributed by atoms with Crippen LogP contribution in [0.15, 0.2) is 78.6 Å². The highest BCUT2D eigenvalue weighted by molar-refractivity contribution is 7.13. The summed E-state index contributed by atoms with van der Waals surface area (Å²) < 4.78 is 2.43. The molecule has 1 saturated carbocycles. The Morgan fingerprint density at radius 1 is 1.03 bits per heavy atom. The molecular formula is C45H49N9O4S. The minimum absolute atomic E-state index is 0.000328. The molecule has 6 aromatic rings. The van der Waals surface area contributed by atoms with Gasteiger partial charge in [-0.2, -0.15) is 0 Å². The maximum atomic E-state index is 14.3. The van der Waals surface area contributed by atoms with Crippen LogP contribution < -0.4 is 15.5 Å². The molecule has 2 saturated heterocycles. The minimum atomic E-state index is -1.56. The van der Waals surface area contributed by atoms with Crippen LogP contribution in [0.1, 0.15) is 93.4 Å². The topological polar surface area (TPSA) is 171 Å². The number of phenols is 1. The number of rotatable bonds is 12. The molecule has 9 rings (SSSR count). The third-order valence-corrected chi connectivity index (χ3v) is 13.4. The largest absolute Gasteiger partial charge is 0.507 e. The lowest BCUT2D eigenvalue weighted by Crippen LogP contribution is -2.60. The number of Topliss-reactive ketones (excluding diaryl/α,β-unsaturated/α-hetero) is 1. The standard InChI is InChI=1S/C45H49N9O4S/c1-26(28-9-11-29(12-10-28)41-27(2)48-25-59-41)50-42(58)45(19-33(55)23-49-45)40(57)20-44(3,4)31-21-46-43(47-22-31)53-16-15-30(24-53)37-18-36-38(54(37)32-13-14-32)17-35(51-52-36)34-7-5-6-8-39(34)56/h5-12,17-18,21-22,25-26,30,32-33,49,55-56H,13-16,19-20,23-24H2,1-4H3,(H,50,58)/t26-,30+,33?,45?/m0/s1. The average molecular weight is 812 g/mol. The quantitative estimate of drug-likeness (QED) is 0.0987. The number of anilines is 1. The Morgan fingerprint density at radius 3 is 2.47 bits per heavy atom. The number of β-amino-alcohol motifs (C(OH)–C–C–N with tert-alkyl or cyclic N) is 1. The van der Waals surface area contributed by atoms with Gasteiger partial charge in [-0.1, -0.05) is 50.2 Å². The number of aromatic hydroxyl groups is 1. The van der Waals surface area contributed by atoms with Crippen molar-refractivity contribution in [2.24, 2.45) is 0 Å². The number of ketones is 1. The van der Waals surface area contributed by atoms with Crippen LogP contribution >= 0.6 is 11.3 Å². The van der Waals surface area contributed by atoms with Gasteiger partial charge in [0.05, 0.1) is 39.4 Å². The van der Waals surface area contributed by atoms with Gasteiger partial charge in [0, 0.05) is 68.1 Å². The smallest absolute Gasteiger partial charge is 0.248 e. The van der Waals surface area contributed by atoms with Crippen LogP contribution in [0, 0.1) is 6.92 Å². The first-order chi connectivity index (χ1) is 28.4. The van der Waals surface area contributed by atoms with Crippen LogP contribution in [0.2, 0.25) is 0 Å². The second kappa shape index (κ2) is 15.2. The van der Waals surface area contributed by atoms with E-state index < -0.39 is 23.0 Å². The summed E-state index contributed by atoms with van der Waals surface area (Å²) in [5.41, 5.74) is 7.76. The second-order valence-electron chi connectivity index (χ2n) is 17.1. The Hall–Kier alpha value is -5.57. The number of carbonyl (C=O) groups is 2. The Labute approximate surface area is 347 Å². The van der Waals surface area contributed by atoms with Crippen molar-refractivity contribution in [1.29, 1.82) is 0 Å². The monoisotopic (exact) mass is 811 g/mol.